The molecule has 4 nitrogen and oxygen atoms in total. The molecule has 0 heterocycles. The summed E-state index contributed by atoms with van der Waals surface area (Å²) in [5.41, 5.74) is 0.470. The second-order valence-corrected chi connectivity index (χ2v) is 5.88. The summed E-state index contributed by atoms with van der Waals surface area (Å²) >= 11 is -4.77. The van der Waals surface area contributed by atoms with E-state index in [2.05, 4.69) is 0 Å². The molecule has 0 bridgehead atoms. The van der Waals surface area contributed by atoms with Crippen LogP contribution < -0.4 is 4.35 Å². The molecule has 1 rings (SSSR count). The number of hydrogen-bond donors (Lipinski definition) is 3. The van der Waals surface area contributed by atoms with Crippen LogP contribution in [-0.2, 0) is 3.74 Å². The van der Waals surface area contributed by atoms with Gasteiger partial charge in [0.1, 0.15) is 0 Å². The predicted octanol–water partition coefficient (Wildman–Crippen LogP) is -0.738. The van der Waals surface area contributed by atoms with Crippen LogP contribution >= 0.6 is 0 Å². The van der Waals surface area contributed by atoms with Crippen molar-refractivity contribution in [2.24, 2.45) is 0 Å². The molecule has 0 radical (unpaired) electrons. The quantitative estimate of drug-likeness (QED) is 0.557. The van der Waals surface area contributed by atoms with Crippen LogP contribution in [-0.4, -0.2) is 27.5 Å². The average molecular weight is 232 g/mol. The van der Waals surface area contributed by atoms with Crippen molar-refractivity contribution in [3.05, 3.63) is 23.8 Å². The summed E-state index contributed by atoms with van der Waals surface area (Å²) in [6, 6.07) is 3.82. The minimum atomic E-state index is -4.77. The van der Waals surface area contributed by atoms with Gasteiger partial charge in [0.05, 0.1) is 0 Å². The number of aromatic hydroxyl groups is 1. The summed E-state index contributed by atoms with van der Waals surface area (Å²) in [6.07, 6.45) is 0. The van der Waals surface area contributed by atoms with Gasteiger partial charge in [0.25, 0.3) is 0 Å². The van der Waals surface area contributed by atoms with Gasteiger partial charge in [-0.1, -0.05) is 0 Å². The fourth-order valence-electron chi connectivity index (χ4n) is 0.821. The van der Waals surface area contributed by atoms with E-state index in [0.717, 1.165) is 0 Å². The van der Waals surface area contributed by atoms with E-state index in [-0.39, 0.29) is 10.1 Å². The molecule has 0 aliphatic rings. The molecule has 3 N–H and O–H groups in total. The zero-order chi connectivity index (χ0) is 9.35. The Hall–Kier alpha value is -0.702. The summed E-state index contributed by atoms with van der Waals surface area (Å²) in [5.74, 6) is 0.0442. The van der Waals surface area contributed by atoms with Crippen molar-refractivity contribution >= 4 is 18.5 Å². The number of phenolic OH excluding ortho intramolecular Hbond substituents is 1. The Balaban J connectivity index is 3.23. The van der Waals surface area contributed by atoms with Crippen LogP contribution in [0.1, 0.15) is 5.56 Å². The maximum absolute atomic E-state index is 10.8. The van der Waals surface area contributed by atoms with Crippen molar-refractivity contribution < 1.29 is 17.0 Å². The third-order valence-electron chi connectivity index (χ3n) is 1.52. The van der Waals surface area contributed by atoms with E-state index >= 15 is 0 Å². The predicted molar refractivity (Wildman–Crippen MR) is 43.4 cm³/mol. The monoisotopic (exact) mass is 232 g/mol. The molecular formula is C7H9AsO4. The van der Waals surface area contributed by atoms with Crippen molar-refractivity contribution in [1.82, 2.24) is 0 Å². The molecule has 66 valence electrons. The molecular weight excluding hydrogens is 223 g/mol. The molecule has 0 fully saturated rings. The molecule has 0 saturated heterocycles. The molecule has 0 aliphatic carbocycles. The van der Waals surface area contributed by atoms with Crippen LogP contribution in [0, 0.1) is 6.92 Å². The first-order valence-corrected chi connectivity index (χ1v) is 6.65. The third kappa shape index (κ3) is 1.91. The van der Waals surface area contributed by atoms with Gasteiger partial charge in [-0.05, 0) is 0 Å². The Bertz CT molecular complexity index is 341. The summed E-state index contributed by atoms with van der Waals surface area (Å²) in [6.45, 7) is 1.59. The van der Waals surface area contributed by atoms with Gasteiger partial charge in [-0.2, -0.15) is 0 Å². The van der Waals surface area contributed by atoms with Crippen molar-refractivity contribution in [3.63, 3.8) is 0 Å². The Morgan fingerprint density at radius 1 is 1.33 bits per heavy atom. The molecule has 1 aromatic rings. The van der Waals surface area contributed by atoms with Crippen molar-refractivity contribution in [2.75, 3.05) is 0 Å². The number of rotatable bonds is 1. The van der Waals surface area contributed by atoms with Crippen molar-refractivity contribution in [2.45, 2.75) is 6.92 Å². The van der Waals surface area contributed by atoms with Crippen LogP contribution in [0.3, 0.4) is 0 Å². The van der Waals surface area contributed by atoms with Gasteiger partial charge in [0, 0.05) is 0 Å². The third-order valence-corrected chi connectivity index (χ3v) is 3.51. The van der Waals surface area contributed by atoms with Gasteiger partial charge in [-0.25, -0.2) is 0 Å². The molecule has 0 aromatic heterocycles. The Morgan fingerprint density at radius 2 is 1.92 bits per heavy atom. The number of aryl methyl sites for hydroxylation is 1. The Kier molecular flexibility index (Phi) is 2.33. The Labute approximate surface area is 72.5 Å². The van der Waals surface area contributed by atoms with E-state index in [0.29, 0.717) is 5.56 Å². The minimum absolute atomic E-state index is 0.0107. The fourth-order valence-corrected chi connectivity index (χ4v) is 2.14. The normalized spacial score (nSPS) is 11.6. The zero-order valence-electron chi connectivity index (χ0n) is 6.43. The first kappa shape index (κ1) is 9.39. The molecule has 1 aromatic carbocycles. The van der Waals surface area contributed by atoms with Crippen molar-refractivity contribution in [3.8, 4) is 5.75 Å². The SMILES string of the molecule is Cc1cc([As](=O)(O)O)ccc1O. The zero-order valence-corrected chi connectivity index (χ0v) is 8.31. The molecule has 0 aliphatic heterocycles. The van der Waals surface area contributed by atoms with E-state index in [1.807, 2.05) is 0 Å². The number of phenols is 1. The second-order valence-electron chi connectivity index (χ2n) is 2.51. The topological polar surface area (TPSA) is 77.8 Å². The van der Waals surface area contributed by atoms with E-state index in [9.17, 15) is 3.74 Å². The molecule has 0 amide bonds. The van der Waals surface area contributed by atoms with E-state index in [4.69, 9.17) is 13.3 Å². The number of hydrogen-bond acceptors (Lipinski definition) is 2. The van der Waals surface area contributed by atoms with Gasteiger partial charge in [0.15, 0.2) is 0 Å². The van der Waals surface area contributed by atoms with Crippen LogP contribution in [0.15, 0.2) is 18.2 Å². The van der Waals surface area contributed by atoms with Crippen LogP contribution in [0.25, 0.3) is 0 Å². The summed E-state index contributed by atoms with van der Waals surface area (Å²) < 4.78 is 28.3. The molecule has 0 atom stereocenters. The average Bonchev–Trinajstić information content (AvgIpc) is 1.92. The van der Waals surface area contributed by atoms with Gasteiger partial charge in [-0.3, -0.25) is 0 Å². The van der Waals surface area contributed by atoms with E-state index in [1.54, 1.807) is 6.92 Å². The van der Waals surface area contributed by atoms with Gasteiger partial charge >= 0.3 is 72.0 Å². The Morgan fingerprint density at radius 3 is 2.33 bits per heavy atom. The van der Waals surface area contributed by atoms with Gasteiger partial charge in [0.2, 0.25) is 0 Å². The van der Waals surface area contributed by atoms with Gasteiger partial charge in [-0.15, -0.1) is 0 Å². The first-order chi connectivity index (χ1) is 5.41. The van der Waals surface area contributed by atoms with Gasteiger partial charge < -0.3 is 0 Å². The van der Waals surface area contributed by atoms with E-state index in [1.165, 1.54) is 18.2 Å². The molecule has 12 heavy (non-hydrogen) atoms. The molecule has 0 spiro atoms. The first-order valence-electron chi connectivity index (χ1n) is 3.27. The number of benzene rings is 1. The summed E-state index contributed by atoms with van der Waals surface area (Å²) in [5, 5.41) is 9.06. The summed E-state index contributed by atoms with van der Waals surface area (Å²) in [7, 11) is 0. The molecule has 5 heteroatoms. The molecule has 0 unspecified atom stereocenters. The van der Waals surface area contributed by atoms with Crippen LogP contribution in [0.2, 0.25) is 0 Å². The second kappa shape index (κ2) is 2.98. The molecule has 0 saturated carbocycles. The standard InChI is InChI=1S/C7H9AsO4/c1-5-4-6(8(10,11)12)2-3-7(5)9/h2-4,9H,1H3,(H2,10,11,12). The van der Waals surface area contributed by atoms with Crippen LogP contribution in [0.4, 0.5) is 0 Å². The van der Waals surface area contributed by atoms with Crippen molar-refractivity contribution in [1.29, 1.82) is 0 Å². The van der Waals surface area contributed by atoms with Crippen LogP contribution in [0.5, 0.6) is 5.75 Å². The fraction of sp³-hybridized carbons (Fsp3) is 0.143. The maximum atomic E-state index is 10.8. The summed E-state index contributed by atoms with van der Waals surface area (Å²) in [4.78, 5) is 0. The van der Waals surface area contributed by atoms with E-state index < -0.39 is 14.2 Å².